The standard InChI is InChI=1S/C14H15N5O/c15-18-14(20)13-16-7-5-12(17-13)19-8-6-10-3-1-2-4-11(10)9-19/h1-5,7H,6,8-9,15H2,(H,18,20). The molecule has 6 heteroatoms. The van der Waals surface area contributed by atoms with E-state index in [4.69, 9.17) is 5.84 Å². The number of carbonyl (C=O) groups excluding carboxylic acids is 1. The van der Waals surface area contributed by atoms with E-state index < -0.39 is 5.91 Å². The van der Waals surface area contributed by atoms with Gasteiger partial charge < -0.3 is 4.90 Å². The first kappa shape index (κ1) is 12.6. The van der Waals surface area contributed by atoms with E-state index in [2.05, 4.69) is 33.1 Å². The molecule has 20 heavy (non-hydrogen) atoms. The Hall–Kier alpha value is -2.47. The van der Waals surface area contributed by atoms with Gasteiger partial charge in [0.2, 0.25) is 5.82 Å². The van der Waals surface area contributed by atoms with Crippen LogP contribution in [0.3, 0.4) is 0 Å². The van der Waals surface area contributed by atoms with Gasteiger partial charge in [-0.15, -0.1) is 0 Å². The predicted molar refractivity (Wildman–Crippen MR) is 74.9 cm³/mol. The summed E-state index contributed by atoms with van der Waals surface area (Å²) in [6.45, 7) is 1.66. The number of nitrogens with one attached hydrogen (secondary N) is 1. The molecule has 0 fully saturated rings. The number of amides is 1. The smallest absolute Gasteiger partial charge is 0.303 e. The minimum atomic E-state index is -0.482. The second-order valence-electron chi connectivity index (χ2n) is 4.65. The number of hydrazine groups is 1. The van der Waals surface area contributed by atoms with Crippen LogP contribution in [0.4, 0.5) is 5.82 Å². The number of hydrogen-bond donors (Lipinski definition) is 2. The monoisotopic (exact) mass is 269 g/mol. The lowest BCUT2D eigenvalue weighted by Gasteiger charge is -2.29. The van der Waals surface area contributed by atoms with Gasteiger partial charge in [0.15, 0.2) is 0 Å². The lowest BCUT2D eigenvalue weighted by molar-refractivity contribution is 0.0943. The molecule has 3 N–H and O–H groups in total. The van der Waals surface area contributed by atoms with Crippen molar-refractivity contribution in [3.05, 3.63) is 53.5 Å². The maximum Gasteiger partial charge on any atom is 0.303 e. The number of hydrogen-bond acceptors (Lipinski definition) is 5. The maximum atomic E-state index is 11.5. The molecule has 1 aliphatic heterocycles. The zero-order valence-electron chi connectivity index (χ0n) is 10.9. The Morgan fingerprint density at radius 1 is 1.25 bits per heavy atom. The Balaban J connectivity index is 1.86. The number of fused-ring (bicyclic) bond motifs is 1. The topological polar surface area (TPSA) is 84.1 Å². The zero-order valence-corrected chi connectivity index (χ0v) is 10.9. The van der Waals surface area contributed by atoms with E-state index in [1.54, 1.807) is 12.3 Å². The third-order valence-corrected chi connectivity index (χ3v) is 3.43. The van der Waals surface area contributed by atoms with Gasteiger partial charge in [0, 0.05) is 19.3 Å². The first-order valence-corrected chi connectivity index (χ1v) is 6.43. The van der Waals surface area contributed by atoms with Gasteiger partial charge in [-0.2, -0.15) is 0 Å². The lowest BCUT2D eigenvalue weighted by atomic mass is 10.00. The number of rotatable bonds is 2. The number of aromatic nitrogens is 2. The molecule has 102 valence electrons. The molecule has 0 saturated carbocycles. The van der Waals surface area contributed by atoms with Crippen LogP contribution in [-0.4, -0.2) is 22.4 Å². The highest BCUT2D eigenvalue weighted by Crippen LogP contribution is 2.22. The van der Waals surface area contributed by atoms with Gasteiger partial charge >= 0.3 is 5.91 Å². The van der Waals surface area contributed by atoms with Crippen molar-refractivity contribution in [3.63, 3.8) is 0 Å². The summed E-state index contributed by atoms with van der Waals surface area (Å²) < 4.78 is 0. The third-order valence-electron chi connectivity index (χ3n) is 3.43. The second-order valence-corrected chi connectivity index (χ2v) is 4.65. The molecule has 6 nitrogen and oxygen atoms in total. The van der Waals surface area contributed by atoms with Crippen LogP contribution in [0, 0.1) is 0 Å². The molecule has 0 spiro atoms. The van der Waals surface area contributed by atoms with Crippen LogP contribution >= 0.6 is 0 Å². The Bertz CT molecular complexity index is 643. The lowest BCUT2D eigenvalue weighted by Crippen LogP contribution is -2.34. The van der Waals surface area contributed by atoms with Crippen molar-refractivity contribution >= 4 is 11.7 Å². The summed E-state index contributed by atoms with van der Waals surface area (Å²) in [6, 6.07) is 10.2. The Morgan fingerprint density at radius 3 is 2.85 bits per heavy atom. The summed E-state index contributed by atoms with van der Waals surface area (Å²) in [4.78, 5) is 21.8. The van der Waals surface area contributed by atoms with E-state index in [-0.39, 0.29) is 5.82 Å². The Morgan fingerprint density at radius 2 is 2.05 bits per heavy atom. The molecule has 1 amide bonds. The van der Waals surface area contributed by atoms with Crippen LogP contribution in [0.5, 0.6) is 0 Å². The number of nitrogen functional groups attached to an aromatic ring is 1. The van der Waals surface area contributed by atoms with Crippen molar-refractivity contribution in [2.45, 2.75) is 13.0 Å². The van der Waals surface area contributed by atoms with Gasteiger partial charge in [0.1, 0.15) is 5.82 Å². The molecular weight excluding hydrogens is 254 g/mol. The van der Waals surface area contributed by atoms with Gasteiger partial charge in [-0.05, 0) is 23.6 Å². The molecule has 0 atom stereocenters. The summed E-state index contributed by atoms with van der Waals surface area (Å²) in [5.41, 5.74) is 4.71. The summed E-state index contributed by atoms with van der Waals surface area (Å²) in [5.74, 6) is 5.45. The molecule has 0 radical (unpaired) electrons. The number of benzene rings is 1. The molecular formula is C14H15N5O. The van der Waals surface area contributed by atoms with Crippen LogP contribution in [-0.2, 0) is 13.0 Å². The quantitative estimate of drug-likeness (QED) is 0.475. The summed E-state index contributed by atoms with van der Waals surface area (Å²) >= 11 is 0. The highest BCUT2D eigenvalue weighted by Gasteiger charge is 2.18. The number of carbonyl (C=O) groups is 1. The number of anilines is 1. The van der Waals surface area contributed by atoms with Crippen molar-refractivity contribution < 1.29 is 4.79 Å². The molecule has 0 aliphatic carbocycles. The van der Waals surface area contributed by atoms with Crippen LogP contribution in [0.15, 0.2) is 36.5 Å². The van der Waals surface area contributed by atoms with E-state index in [1.807, 2.05) is 11.5 Å². The summed E-state index contributed by atoms with van der Waals surface area (Å²) in [5, 5.41) is 0. The largest absolute Gasteiger partial charge is 0.352 e. The normalized spacial score (nSPS) is 13.8. The third kappa shape index (κ3) is 2.33. The van der Waals surface area contributed by atoms with E-state index in [1.165, 1.54) is 11.1 Å². The van der Waals surface area contributed by atoms with Crippen LogP contribution in [0.1, 0.15) is 21.7 Å². The molecule has 1 aromatic carbocycles. The van der Waals surface area contributed by atoms with Gasteiger partial charge in [-0.25, -0.2) is 15.8 Å². The van der Waals surface area contributed by atoms with Crippen molar-refractivity contribution in [1.29, 1.82) is 0 Å². The fourth-order valence-electron chi connectivity index (χ4n) is 2.39. The second kappa shape index (κ2) is 5.26. The van der Waals surface area contributed by atoms with Crippen LogP contribution < -0.4 is 16.2 Å². The molecule has 2 aromatic rings. The molecule has 3 rings (SSSR count). The molecule has 2 heterocycles. The SMILES string of the molecule is NNC(=O)c1nccc(N2CCc3ccccc3C2)n1. The Labute approximate surface area is 116 Å². The predicted octanol–water partition coefficient (Wildman–Crippen LogP) is 0.643. The maximum absolute atomic E-state index is 11.5. The van der Waals surface area contributed by atoms with E-state index in [0.29, 0.717) is 0 Å². The number of nitrogens with two attached hydrogens (primary N) is 1. The van der Waals surface area contributed by atoms with Gasteiger partial charge in [-0.3, -0.25) is 10.2 Å². The minimum Gasteiger partial charge on any atom is -0.352 e. The van der Waals surface area contributed by atoms with E-state index in [0.717, 1.165) is 25.3 Å². The average Bonchev–Trinajstić information content (AvgIpc) is 2.53. The summed E-state index contributed by atoms with van der Waals surface area (Å²) in [6.07, 6.45) is 2.55. The molecule has 0 saturated heterocycles. The van der Waals surface area contributed by atoms with Crippen LogP contribution in [0.2, 0.25) is 0 Å². The zero-order chi connectivity index (χ0) is 13.9. The molecule has 1 aliphatic rings. The van der Waals surface area contributed by atoms with Crippen LogP contribution in [0.25, 0.3) is 0 Å². The van der Waals surface area contributed by atoms with Crippen molar-refractivity contribution in [2.75, 3.05) is 11.4 Å². The van der Waals surface area contributed by atoms with E-state index >= 15 is 0 Å². The van der Waals surface area contributed by atoms with Gasteiger partial charge in [-0.1, -0.05) is 24.3 Å². The average molecular weight is 269 g/mol. The highest BCUT2D eigenvalue weighted by atomic mass is 16.2. The first-order chi connectivity index (χ1) is 9.78. The molecule has 0 bridgehead atoms. The molecule has 1 aromatic heterocycles. The fourth-order valence-corrected chi connectivity index (χ4v) is 2.39. The first-order valence-electron chi connectivity index (χ1n) is 6.43. The minimum absolute atomic E-state index is 0.0869. The van der Waals surface area contributed by atoms with Crippen molar-refractivity contribution in [2.24, 2.45) is 5.84 Å². The van der Waals surface area contributed by atoms with E-state index in [9.17, 15) is 4.79 Å². The fraction of sp³-hybridized carbons (Fsp3) is 0.214. The highest BCUT2D eigenvalue weighted by molar-refractivity contribution is 5.90. The van der Waals surface area contributed by atoms with Gasteiger partial charge in [0.05, 0.1) is 0 Å². The van der Waals surface area contributed by atoms with Crippen molar-refractivity contribution in [1.82, 2.24) is 15.4 Å². The Kier molecular flexibility index (Phi) is 3.30. The molecule has 0 unspecified atom stereocenters. The van der Waals surface area contributed by atoms with Crippen molar-refractivity contribution in [3.8, 4) is 0 Å². The number of nitrogens with zero attached hydrogens (tertiary/aromatic N) is 3. The van der Waals surface area contributed by atoms with Gasteiger partial charge in [0.25, 0.3) is 0 Å². The summed E-state index contributed by atoms with van der Waals surface area (Å²) in [7, 11) is 0.